The third-order valence-corrected chi connectivity index (χ3v) is 13.2. The lowest BCUT2D eigenvalue weighted by molar-refractivity contribution is -0.207. The van der Waals surface area contributed by atoms with E-state index in [1.807, 2.05) is 0 Å². The highest BCUT2D eigenvalue weighted by atomic mass is 35.5. The first-order valence-electron chi connectivity index (χ1n) is 17.3. The van der Waals surface area contributed by atoms with Gasteiger partial charge in [-0.1, -0.05) is 20.8 Å². The summed E-state index contributed by atoms with van der Waals surface area (Å²) in [5.74, 6) is 0.673. The van der Waals surface area contributed by atoms with Crippen LogP contribution in [0, 0.1) is 46.3 Å². The molecule has 4 aliphatic rings. The molecule has 3 N–H and O–H groups in total. The van der Waals surface area contributed by atoms with E-state index in [4.69, 9.17) is 32.7 Å². The molecule has 5 rings (SSSR count). The molecule has 0 heterocycles. The minimum Gasteiger partial charge on any atom is -0.481 e. The van der Waals surface area contributed by atoms with Gasteiger partial charge in [-0.15, -0.1) is 23.2 Å². The number of carboxylic acid groups (broad SMARTS) is 1. The van der Waals surface area contributed by atoms with Gasteiger partial charge in [-0.05, 0) is 122 Å². The Morgan fingerprint density at radius 1 is 0.979 bits per heavy atom. The number of halogens is 2. The van der Waals surface area contributed by atoms with Crippen molar-refractivity contribution in [2.24, 2.45) is 46.3 Å². The van der Waals surface area contributed by atoms with Gasteiger partial charge in [-0.2, -0.15) is 0 Å². The van der Waals surface area contributed by atoms with Crippen molar-refractivity contribution in [2.45, 2.75) is 96.9 Å². The first-order chi connectivity index (χ1) is 22.3. The SMILES string of the molecule is C[C@H](CCC(=O)O)[C@H]1CC[C@H]2[C@@H]3[C@H](O)C[C@@H]4C[C@H](OC(=O)c5ccc(OC(=O)N(CCCl)CCCl)cc5)CC[C@]4(C)[C@H]3C[C@H](O)[C@]12C. The molecule has 0 aromatic heterocycles. The van der Waals surface area contributed by atoms with Crippen LogP contribution in [0.15, 0.2) is 24.3 Å². The Balaban J connectivity index is 1.21. The number of hydrogen-bond donors (Lipinski definition) is 3. The van der Waals surface area contributed by atoms with Gasteiger partial charge in [0.1, 0.15) is 11.9 Å². The minimum absolute atomic E-state index is 0.0749. The van der Waals surface area contributed by atoms with Crippen molar-refractivity contribution < 1.29 is 39.2 Å². The van der Waals surface area contributed by atoms with Crippen LogP contribution in [0.2, 0.25) is 0 Å². The zero-order valence-corrected chi connectivity index (χ0v) is 29.3. The average molecular weight is 697 g/mol. The Morgan fingerprint density at radius 2 is 1.66 bits per heavy atom. The van der Waals surface area contributed by atoms with Gasteiger partial charge in [0, 0.05) is 31.3 Å². The molecule has 0 saturated heterocycles. The number of fused-ring (bicyclic) bond motifs is 5. The summed E-state index contributed by atoms with van der Waals surface area (Å²) in [7, 11) is 0. The topological polar surface area (TPSA) is 134 Å². The number of nitrogens with zero attached hydrogens (tertiary/aromatic N) is 1. The molecular formula is C36H51Cl2NO8. The number of aliphatic hydroxyl groups excluding tert-OH is 2. The van der Waals surface area contributed by atoms with Crippen molar-refractivity contribution in [3.63, 3.8) is 0 Å². The Hall–Kier alpha value is -2.07. The molecule has 1 aromatic carbocycles. The molecule has 4 aliphatic carbocycles. The maximum Gasteiger partial charge on any atom is 0.415 e. The molecule has 4 fully saturated rings. The van der Waals surface area contributed by atoms with E-state index in [2.05, 4.69) is 20.8 Å². The summed E-state index contributed by atoms with van der Waals surface area (Å²) in [4.78, 5) is 38.3. The number of rotatable bonds is 11. The third-order valence-electron chi connectivity index (χ3n) is 12.8. The molecule has 0 spiro atoms. The molecule has 9 nitrogen and oxygen atoms in total. The van der Waals surface area contributed by atoms with Gasteiger partial charge >= 0.3 is 18.0 Å². The largest absolute Gasteiger partial charge is 0.481 e. The van der Waals surface area contributed by atoms with Crippen LogP contribution >= 0.6 is 23.2 Å². The summed E-state index contributed by atoms with van der Waals surface area (Å²) in [6.07, 6.45) is 4.36. The predicted molar refractivity (Wildman–Crippen MR) is 179 cm³/mol. The average Bonchev–Trinajstić information content (AvgIpc) is 3.39. The van der Waals surface area contributed by atoms with Crippen molar-refractivity contribution in [2.75, 3.05) is 24.8 Å². The summed E-state index contributed by atoms with van der Waals surface area (Å²) in [5, 5.41) is 32.8. The number of aliphatic carboxylic acids is 1. The molecule has 1 amide bonds. The normalized spacial score (nSPS) is 36.7. The van der Waals surface area contributed by atoms with E-state index < -0.39 is 30.2 Å². The number of esters is 1. The number of carboxylic acids is 1. The maximum atomic E-state index is 13.1. The number of carbonyl (C=O) groups excluding carboxylic acids is 2. The van der Waals surface area contributed by atoms with Gasteiger partial charge in [0.25, 0.3) is 0 Å². The van der Waals surface area contributed by atoms with Crippen LogP contribution in [0.1, 0.15) is 88.9 Å². The van der Waals surface area contributed by atoms with Crippen LogP contribution in [0.5, 0.6) is 5.75 Å². The number of amides is 1. The highest BCUT2D eigenvalue weighted by Crippen LogP contribution is 2.68. The van der Waals surface area contributed by atoms with Crippen molar-refractivity contribution >= 4 is 41.2 Å². The third kappa shape index (κ3) is 7.15. The predicted octanol–water partition coefficient (Wildman–Crippen LogP) is 6.59. The summed E-state index contributed by atoms with van der Waals surface area (Å²) in [5.41, 5.74) is -0.0465. The van der Waals surface area contributed by atoms with Gasteiger partial charge in [0.15, 0.2) is 0 Å². The second kappa shape index (κ2) is 14.8. The van der Waals surface area contributed by atoms with E-state index in [-0.39, 0.29) is 70.6 Å². The van der Waals surface area contributed by atoms with E-state index in [1.54, 1.807) is 24.3 Å². The van der Waals surface area contributed by atoms with Gasteiger partial charge in [0.2, 0.25) is 0 Å². The van der Waals surface area contributed by atoms with Gasteiger partial charge < -0.3 is 29.7 Å². The van der Waals surface area contributed by atoms with Crippen molar-refractivity contribution in [1.29, 1.82) is 0 Å². The van der Waals surface area contributed by atoms with Crippen molar-refractivity contribution in [1.82, 2.24) is 4.90 Å². The second-order valence-electron chi connectivity index (χ2n) is 15.1. The van der Waals surface area contributed by atoms with Gasteiger partial charge in [0.05, 0.1) is 17.8 Å². The quantitative estimate of drug-likeness (QED) is 0.174. The van der Waals surface area contributed by atoms with Crippen LogP contribution in [-0.4, -0.2) is 81.4 Å². The lowest BCUT2D eigenvalue weighted by Crippen LogP contribution is -2.62. The molecule has 0 radical (unpaired) electrons. The Morgan fingerprint density at radius 3 is 2.30 bits per heavy atom. The molecule has 1 aromatic rings. The maximum absolute atomic E-state index is 13.1. The fourth-order valence-corrected chi connectivity index (χ4v) is 10.7. The van der Waals surface area contributed by atoms with Gasteiger partial charge in [-0.3, -0.25) is 4.79 Å². The first-order valence-corrected chi connectivity index (χ1v) is 18.4. The zero-order chi connectivity index (χ0) is 34.1. The number of alkyl halides is 2. The monoisotopic (exact) mass is 695 g/mol. The Labute approximate surface area is 288 Å². The lowest BCUT2D eigenvalue weighted by Gasteiger charge is -2.63. The highest BCUT2D eigenvalue weighted by molar-refractivity contribution is 6.18. The number of carbonyl (C=O) groups is 3. The summed E-state index contributed by atoms with van der Waals surface area (Å²) < 4.78 is 11.4. The van der Waals surface area contributed by atoms with Crippen LogP contribution in [0.4, 0.5) is 4.79 Å². The minimum atomic E-state index is -0.784. The molecule has 4 saturated carbocycles. The van der Waals surface area contributed by atoms with E-state index in [0.29, 0.717) is 50.1 Å². The summed E-state index contributed by atoms with van der Waals surface area (Å²) >= 11 is 11.6. The van der Waals surface area contributed by atoms with Crippen molar-refractivity contribution in [3.8, 4) is 5.75 Å². The molecule has 11 heteroatoms. The van der Waals surface area contributed by atoms with E-state index in [1.165, 1.54) is 4.90 Å². The molecule has 0 unspecified atom stereocenters. The molecular weight excluding hydrogens is 645 g/mol. The fraction of sp³-hybridized carbons (Fsp3) is 0.750. The number of aliphatic hydroxyl groups is 2. The zero-order valence-electron chi connectivity index (χ0n) is 27.8. The van der Waals surface area contributed by atoms with Crippen LogP contribution in [0.3, 0.4) is 0 Å². The van der Waals surface area contributed by atoms with Crippen LogP contribution < -0.4 is 4.74 Å². The highest BCUT2D eigenvalue weighted by Gasteiger charge is 2.65. The number of benzene rings is 1. The summed E-state index contributed by atoms with van der Waals surface area (Å²) in [6.45, 7) is 7.26. The number of hydrogen-bond acceptors (Lipinski definition) is 7. The lowest BCUT2D eigenvalue weighted by atomic mass is 9.43. The standard InChI is InChI=1S/C36H51Cl2NO8/c1-21(4-11-31(42)43)26-9-10-27-32-28(20-30(41)36(26,27)3)35(2)13-12-25(18-23(35)19-29(32)40)46-33(44)22-5-7-24(8-6-22)47-34(45)39(16-14-37)17-15-38/h5-8,21,23,25-30,32,40-41H,4,9-20H2,1-3H3,(H,42,43)/t21-,23+,25-,26-,27+,28+,29-,30+,32+,35+,36-/m1/s1. The molecule has 0 bridgehead atoms. The molecule has 0 aliphatic heterocycles. The first kappa shape index (κ1) is 36.2. The molecule has 47 heavy (non-hydrogen) atoms. The second-order valence-corrected chi connectivity index (χ2v) is 15.8. The molecule has 11 atom stereocenters. The Bertz CT molecular complexity index is 1270. The number of ether oxygens (including phenoxy) is 2. The van der Waals surface area contributed by atoms with E-state index in [0.717, 1.165) is 25.7 Å². The van der Waals surface area contributed by atoms with Crippen molar-refractivity contribution in [3.05, 3.63) is 29.8 Å². The smallest absolute Gasteiger partial charge is 0.415 e. The fourth-order valence-electron chi connectivity index (χ4n) is 10.3. The van der Waals surface area contributed by atoms with E-state index >= 15 is 0 Å². The summed E-state index contributed by atoms with van der Waals surface area (Å²) in [6, 6.07) is 6.29. The Kier molecular flexibility index (Phi) is 11.4. The van der Waals surface area contributed by atoms with Crippen LogP contribution in [-0.2, 0) is 9.53 Å². The van der Waals surface area contributed by atoms with E-state index in [9.17, 15) is 29.7 Å². The molecule has 262 valence electrons. The van der Waals surface area contributed by atoms with Gasteiger partial charge in [-0.25, -0.2) is 9.59 Å². The van der Waals surface area contributed by atoms with Crippen LogP contribution in [0.25, 0.3) is 0 Å².